The van der Waals surface area contributed by atoms with Crippen LogP contribution in [0.2, 0.25) is 10.0 Å². The standard InChI is InChI=1S/C31H29Cl2NO5/c1-17-14-21(10-11-22(17)27-13-8-19-15-20(31(36)37-2)9-12-26(19)39-27)38-16-23(30(35)18-6-7-18)29(34)28-24(32)4-3-5-25(28)33/h3-5,9-12,14-15,18,27,34-35H,6-8,13,16H2,1-2H3/b30-23-,34-29?. The first kappa shape index (κ1) is 27.1. The van der Waals surface area contributed by atoms with E-state index >= 15 is 0 Å². The third-order valence-electron chi connectivity index (χ3n) is 7.19. The fraction of sp³-hybridized carbons (Fsp3) is 0.290. The van der Waals surface area contributed by atoms with E-state index in [-0.39, 0.29) is 36.1 Å². The number of carbonyl (C=O) groups excluding carboxylic acids is 1. The molecule has 0 saturated heterocycles. The fourth-order valence-electron chi connectivity index (χ4n) is 4.87. The first-order chi connectivity index (χ1) is 18.8. The van der Waals surface area contributed by atoms with Gasteiger partial charge in [0.15, 0.2) is 0 Å². The first-order valence-corrected chi connectivity index (χ1v) is 13.6. The lowest BCUT2D eigenvalue weighted by Crippen LogP contribution is -2.17. The number of benzene rings is 3. The molecular weight excluding hydrogens is 537 g/mol. The van der Waals surface area contributed by atoms with Crippen LogP contribution in [0.25, 0.3) is 0 Å². The molecule has 2 N–H and O–H groups in total. The number of carbonyl (C=O) groups is 1. The molecule has 1 atom stereocenters. The molecule has 1 aliphatic heterocycles. The Morgan fingerprint density at radius 1 is 1.08 bits per heavy atom. The van der Waals surface area contributed by atoms with Gasteiger partial charge in [-0.05, 0) is 91.8 Å². The van der Waals surface area contributed by atoms with E-state index < -0.39 is 0 Å². The summed E-state index contributed by atoms with van der Waals surface area (Å²) in [6.07, 6.45) is 3.18. The minimum atomic E-state index is -0.361. The molecule has 0 amide bonds. The Bertz CT molecular complexity index is 1460. The zero-order chi connectivity index (χ0) is 27.7. The van der Waals surface area contributed by atoms with E-state index in [1.54, 1.807) is 24.3 Å². The Hall–Kier alpha value is -3.48. The van der Waals surface area contributed by atoms with E-state index in [1.807, 2.05) is 37.3 Å². The van der Waals surface area contributed by atoms with Gasteiger partial charge in [0.2, 0.25) is 0 Å². The number of esters is 1. The Balaban J connectivity index is 1.31. The number of hydrogen-bond acceptors (Lipinski definition) is 6. The topological polar surface area (TPSA) is 88.8 Å². The summed E-state index contributed by atoms with van der Waals surface area (Å²) in [6.45, 7) is 2.02. The predicted octanol–water partition coefficient (Wildman–Crippen LogP) is 7.82. The van der Waals surface area contributed by atoms with Gasteiger partial charge in [-0.3, -0.25) is 5.41 Å². The Labute approximate surface area is 237 Å². The monoisotopic (exact) mass is 565 g/mol. The van der Waals surface area contributed by atoms with Gasteiger partial charge in [0, 0.05) is 11.5 Å². The molecule has 1 fully saturated rings. The summed E-state index contributed by atoms with van der Waals surface area (Å²) in [7, 11) is 1.37. The summed E-state index contributed by atoms with van der Waals surface area (Å²) in [5.74, 6) is 1.22. The summed E-state index contributed by atoms with van der Waals surface area (Å²) >= 11 is 12.7. The normalized spacial score (nSPS) is 17.0. The Morgan fingerprint density at radius 2 is 1.82 bits per heavy atom. The molecule has 3 aromatic carbocycles. The predicted molar refractivity (Wildman–Crippen MR) is 152 cm³/mol. The van der Waals surface area contributed by atoms with Crippen LogP contribution in [0, 0.1) is 18.3 Å². The molecule has 6 nitrogen and oxygen atoms in total. The smallest absolute Gasteiger partial charge is 0.337 e. The summed E-state index contributed by atoms with van der Waals surface area (Å²) in [4.78, 5) is 11.9. The summed E-state index contributed by atoms with van der Waals surface area (Å²) in [6, 6.07) is 16.2. The first-order valence-electron chi connectivity index (χ1n) is 12.8. The molecule has 1 heterocycles. The van der Waals surface area contributed by atoms with Gasteiger partial charge >= 0.3 is 5.97 Å². The average Bonchev–Trinajstić information content (AvgIpc) is 3.78. The van der Waals surface area contributed by atoms with Gasteiger partial charge in [-0.2, -0.15) is 0 Å². The van der Waals surface area contributed by atoms with Crippen molar-refractivity contribution < 1.29 is 24.1 Å². The van der Waals surface area contributed by atoms with Crippen LogP contribution in [0.15, 0.2) is 65.9 Å². The Kier molecular flexibility index (Phi) is 7.87. The van der Waals surface area contributed by atoms with Gasteiger partial charge < -0.3 is 19.3 Å². The lowest BCUT2D eigenvalue weighted by atomic mass is 9.94. The lowest BCUT2D eigenvalue weighted by molar-refractivity contribution is 0.0600. The van der Waals surface area contributed by atoms with Crippen LogP contribution in [0.4, 0.5) is 0 Å². The lowest BCUT2D eigenvalue weighted by Gasteiger charge is -2.28. The molecular formula is C31H29Cl2NO5. The maximum Gasteiger partial charge on any atom is 0.337 e. The highest BCUT2D eigenvalue weighted by molar-refractivity contribution is 6.41. The molecule has 2 aliphatic rings. The van der Waals surface area contributed by atoms with Gasteiger partial charge in [0.25, 0.3) is 0 Å². The van der Waals surface area contributed by atoms with Gasteiger partial charge in [-0.25, -0.2) is 4.79 Å². The number of methoxy groups -OCH3 is 1. The number of rotatable bonds is 8. The van der Waals surface area contributed by atoms with Gasteiger partial charge in [0.05, 0.1) is 34.0 Å². The highest BCUT2D eigenvalue weighted by Crippen LogP contribution is 2.39. The van der Waals surface area contributed by atoms with Crippen molar-refractivity contribution >= 4 is 34.9 Å². The SMILES string of the molecule is COC(=O)c1ccc2c(c1)CCC(c1ccc(OC/C(C(=N)c3c(Cl)cccc3Cl)=C(/O)C3CC3)cc1C)O2. The summed E-state index contributed by atoms with van der Waals surface area (Å²) in [5.41, 5.74) is 4.39. The van der Waals surface area contributed by atoms with E-state index in [2.05, 4.69) is 0 Å². The second kappa shape index (κ2) is 11.3. The van der Waals surface area contributed by atoms with Crippen molar-refractivity contribution in [2.24, 2.45) is 5.92 Å². The molecule has 1 saturated carbocycles. The third kappa shape index (κ3) is 5.77. The number of allylic oxidation sites excluding steroid dienone is 1. The minimum Gasteiger partial charge on any atom is -0.512 e. The van der Waals surface area contributed by atoms with E-state index in [1.165, 1.54) is 7.11 Å². The van der Waals surface area contributed by atoms with E-state index in [4.69, 9.17) is 42.8 Å². The number of halogens is 2. The molecule has 39 heavy (non-hydrogen) atoms. The molecule has 8 heteroatoms. The van der Waals surface area contributed by atoms with Crippen molar-refractivity contribution in [2.75, 3.05) is 13.7 Å². The minimum absolute atomic E-state index is 0.0112. The van der Waals surface area contributed by atoms with Crippen molar-refractivity contribution in [1.29, 1.82) is 5.41 Å². The van der Waals surface area contributed by atoms with Crippen LogP contribution >= 0.6 is 23.2 Å². The van der Waals surface area contributed by atoms with Crippen molar-refractivity contribution in [1.82, 2.24) is 0 Å². The summed E-state index contributed by atoms with van der Waals surface area (Å²) < 4.78 is 17.2. The number of aryl methyl sites for hydroxylation is 2. The second-order valence-corrected chi connectivity index (χ2v) is 10.7. The molecule has 0 radical (unpaired) electrons. The zero-order valence-corrected chi connectivity index (χ0v) is 23.2. The number of fused-ring (bicyclic) bond motifs is 1. The van der Waals surface area contributed by atoms with Crippen molar-refractivity contribution in [3.05, 3.63) is 104 Å². The number of aliphatic hydroxyl groups excluding tert-OH is 1. The molecule has 1 aliphatic carbocycles. The van der Waals surface area contributed by atoms with E-state index in [0.717, 1.165) is 48.1 Å². The molecule has 1 unspecified atom stereocenters. The molecule has 0 spiro atoms. The zero-order valence-electron chi connectivity index (χ0n) is 21.7. The fourth-order valence-corrected chi connectivity index (χ4v) is 5.46. The van der Waals surface area contributed by atoms with Gasteiger partial charge in [-0.15, -0.1) is 0 Å². The highest BCUT2D eigenvalue weighted by atomic mass is 35.5. The molecule has 3 aromatic rings. The highest BCUT2D eigenvalue weighted by Gasteiger charge is 2.31. The number of ether oxygens (including phenoxy) is 3. The number of aliphatic hydroxyl groups is 1. The maximum atomic E-state index is 11.9. The van der Waals surface area contributed by atoms with Crippen LogP contribution < -0.4 is 9.47 Å². The van der Waals surface area contributed by atoms with E-state index in [9.17, 15) is 9.90 Å². The quantitative estimate of drug-likeness (QED) is 0.165. The summed E-state index contributed by atoms with van der Waals surface area (Å²) in [5, 5.41) is 20.4. The average molecular weight is 566 g/mol. The molecule has 0 aromatic heterocycles. The van der Waals surface area contributed by atoms with Gasteiger partial charge in [0.1, 0.15) is 30.0 Å². The van der Waals surface area contributed by atoms with Crippen LogP contribution in [-0.4, -0.2) is 30.5 Å². The van der Waals surface area contributed by atoms with Crippen LogP contribution in [-0.2, 0) is 11.2 Å². The van der Waals surface area contributed by atoms with Crippen LogP contribution in [0.5, 0.6) is 11.5 Å². The molecule has 0 bridgehead atoms. The van der Waals surface area contributed by atoms with Gasteiger partial charge in [-0.1, -0.05) is 35.3 Å². The third-order valence-corrected chi connectivity index (χ3v) is 7.82. The van der Waals surface area contributed by atoms with Crippen molar-refractivity contribution in [2.45, 2.75) is 38.7 Å². The second-order valence-electron chi connectivity index (χ2n) is 9.88. The van der Waals surface area contributed by atoms with Crippen LogP contribution in [0.3, 0.4) is 0 Å². The number of hydrogen-bond donors (Lipinski definition) is 2. The van der Waals surface area contributed by atoms with Crippen LogP contribution in [0.1, 0.15) is 58.0 Å². The molecule has 5 rings (SSSR count). The van der Waals surface area contributed by atoms with Crippen molar-refractivity contribution in [3.63, 3.8) is 0 Å². The Morgan fingerprint density at radius 3 is 2.49 bits per heavy atom. The number of nitrogens with one attached hydrogen (secondary N) is 1. The largest absolute Gasteiger partial charge is 0.512 e. The molecule has 202 valence electrons. The maximum absolute atomic E-state index is 11.9. The van der Waals surface area contributed by atoms with E-state index in [0.29, 0.717) is 32.5 Å². The van der Waals surface area contributed by atoms with Crippen molar-refractivity contribution in [3.8, 4) is 11.5 Å².